The lowest BCUT2D eigenvalue weighted by molar-refractivity contribution is 0.270. The molecule has 0 aliphatic carbocycles. The number of nitrogens with zero attached hydrogens (tertiary/aromatic N) is 3. The number of aromatic nitrogens is 3. The fourth-order valence-electron chi connectivity index (χ4n) is 3.21. The van der Waals surface area contributed by atoms with Gasteiger partial charge in [0.05, 0.1) is 17.5 Å². The van der Waals surface area contributed by atoms with Crippen molar-refractivity contribution in [1.29, 1.82) is 0 Å². The minimum Gasteiger partial charge on any atom is -0.492 e. The van der Waals surface area contributed by atoms with Gasteiger partial charge in [0, 0.05) is 22.8 Å². The van der Waals surface area contributed by atoms with Gasteiger partial charge >= 0.3 is 0 Å². The Morgan fingerprint density at radius 3 is 2.92 bits per heavy atom. The van der Waals surface area contributed by atoms with Crippen LogP contribution < -0.4 is 4.74 Å². The molecule has 0 bridgehead atoms. The topological polar surface area (TPSA) is 47.9 Å². The second-order valence-electron chi connectivity index (χ2n) is 6.01. The maximum absolute atomic E-state index is 14.4. The van der Waals surface area contributed by atoms with Crippen molar-refractivity contribution in [2.45, 2.75) is 26.2 Å². The first kappa shape index (κ1) is 15.3. The molecule has 0 N–H and O–H groups in total. The minimum absolute atomic E-state index is 0.292. The van der Waals surface area contributed by atoms with Crippen molar-refractivity contribution in [3.05, 3.63) is 57.9 Å². The van der Waals surface area contributed by atoms with Crippen LogP contribution in [0.2, 0.25) is 5.02 Å². The number of hydrogen-bond acceptors (Lipinski definition) is 4. The Bertz CT molecular complexity index is 961. The summed E-state index contributed by atoms with van der Waals surface area (Å²) < 4.78 is 20.0. The zero-order valence-electron chi connectivity index (χ0n) is 13.3. The zero-order chi connectivity index (χ0) is 16.8. The molecule has 4 rings (SSSR count). The van der Waals surface area contributed by atoms with Crippen LogP contribution in [-0.4, -0.2) is 21.6 Å². The SMILES string of the molecule is Cc1cc(C)c2cnc(C3CCOc4c(Cl)ccc(F)c43)nc2n1. The Morgan fingerprint density at radius 2 is 2.08 bits per heavy atom. The van der Waals surface area contributed by atoms with E-state index >= 15 is 0 Å². The molecule has 1 aromatic carbocycles. The summed E-state index contributed by atoms with van der Waals surface area (Å²) in [5.74, 6) is 0.298. The summed E-state index contributed by atoms with van der Waals surface area (Å²) in [7, 11) is 0. The second-order valence-corrected chi connectivity index (χ2v) is 6.41. The van der Waals surface area contributed by atoms with Gasteiger partial charge in [-0.3, -0.25) is 0 Å². The number of pyridine rings is 1. The van der Waals surface area contributed by atoms with E-state index in [4.69, 9.17) is 16.3 Å². The summed E-state index contributed by atoms with van der Waals surface area (Å²) in [4.78, 5) is 13.6. The molecule has 1 aliphatic rings. The van der Waals surface area contributed by atoms with Crippen molar-refractivity contribution in [1.82, 2.24) is 15.0 Å². The first-order chi connectivity index (χ1) is 11.5. The monoisotopic (exact) mass is 343 g/mol. The van der Waals surface area contributed by atoms with Crippen LogP contribution in [-0.2, 0) is 0 Å². The third kappa shape index (κ3) is 2.40. The van der Waals surface area contributed by atoms with E-state index < -0.39 is 0 Å². The standard InChI is InChI=1S/C18H15ClFN3O/c1-9-7-10(2)22-18-12(9)8-21-17(23-18)11-5-6-24-16-13(19)3-4-14(20)15(11)16/h3-4,7-8,11H,5-6H2,1-2H3. The van der Waals surface area contributed by atoms with Gasteiger partial charge in [0.1, 0.15) is 17.4 Å². The molecule has 1 aliphatic heterocycles. The highest BCUT2D eigenvalue weighted by molar-refractivity contribution is 6.32. The van der Waals surface area contributed by atoms with E-state index in [9.17, 15) is 4.39 Å². The summed E-state index contributed by atoms with van der Waals surface area (Å²) in [5.41, 5.74) is 3.03. The Labute approximate surface area is 143 Å². The molecular weight excluding hydrogens is 329 g/mol. The van der Waals surface area contributed by atoms with Crippen LogP contribution in [0.5, 0.6) is 5.75 Å². The molecule has 24 heavy (non-hydrogen) atoms. The Kier molecular flexibility index (Phi) is 3.61. The van der Waals surface area contributed by atoms with E-state index in [1.165, 1.54) is 12.1 Å². The quantitative estimate of drug-likeness (QED) is 0.659. The molecule has 0 fully saturated rings. The lowest BCUT2D eigenvalue weighted by Gasteiger charge is -2.26. The van der Waals surface area contributed by atoms with Gasteiger partial charge in [-0.15, -0.1) is 0 Å². The van der Waals surface area contributed by atoms with Crippen LogP contribution in [0, 0.1) is 19.7 Å². The number of fused-ring (bicyclic) bond motifs is 2. The van der Waals surface area contributed by atoms with Gasteiger partial charge in [0.25, 0.3) is 0 Å². The van der Waals surface area contributed by atoms with Crippen LogP contribution in [0.3, 0.4) is 0 Å². The van der Waals surface area contributed by atoms with E-state index in [2.05, 4.69) is 15.0 Å². The number of ether oxygens (including phenoxy) is 1. The summed E-state index contributed by atoms with van der Waals surface area (Å²) in [5, 5.41) is 1.31. The molecule has 2 aromatic heterocycles. The molecule has 6 heteroatoms. The Morgan fingerprint density at radius 1 is 1.25 bits per heavy atom. The predicted molar refractivity (Wildman–Crippen MR) is 90.2 cm³/mol. The molecule has 0 radical (unpaired) electrons. The second kappa shape index (κ2) is 5.67. The fourth-order valence-corrected chi connectivity index (χ4v) is 3.43. The van der Waals surface area contributed by atoms with E-state index in [1.807, 2.05) is 19.9 Å². The molecular formula is C18H15ClFN3O. The predicted octanol–water partition coefficient (Wildman–Crippen LogP) is 4.35. The number of halogens is 2. The third-order valence-corrected chi connectivity index (χ3v) is 4.63. The van der Waals surface area contributed by atoms with Gasteiger partial charge in [-0.1, -0.05) is 11.6 Å². The van der Waals surface area contributed by atoms with Crippen LogP contribution in [0.4, 0.5) is 4.39 Å². The highest BCUT2D eigenvalue weighted by Crippen LogP contribution is 2.42. The van der Waals surface area contributed by atoms with E-state index in [0.717, 1.165) is 16.6 Å². The molecule has 3 heterocycles. The smallest absolute Gasteiger partial charge is 0.163 e. The van der Waals surface area contributed by atoms with E-state index in [0.29, 0.717) is 40.8 Å². The van der Waals surface area contributed by atoms with Crippen molar-refractivity contribution in [3.8, 4) is 5.75 Å². The fraction of sp³-hybridized carbons (Fsp3) is 0.278. The minimum atomic E-state index is -0.351. The van der Waals surface area contributed by atoms with Crippen LogP contribution >= 0.6 is 11.6 Å². The molecule has 3 aromatic rings. The van der Waals surface area contributed by atoms with Crippen molar-refractivity contribution < 1.29 is 9.13 Å². The molecule has 0 spiro atoms. The summed E-state index contributed by atoms with van der Waals surface area (Å²) >= 11 is 6.16. The molecule has 0 saturated carbocycles. The maximum Gasteiger partial charge on any atom is 0.163 e. The molecule has 1 atom stereocenters. The molecule has 1 unspecified atom stereocenters. The number of rotatable bonds is 1. The van der Waals surface area contributed by atoms with Gasteiger partial charge in [0.2, 0.25) is 0 Å². The lowest BCUT2D eigenvalue weighted by atomic mass is 9.91. The first-order valence-electron chi connectivity index (χ1n) is 7.76. The maximum atomic E-state index is 14.4. The summed E-state index contributed by atoms with van der Waals surface area (Å²) in [6.45, 7) is 4.38. The van der Waals surface area contributed by atoms with Crippen molar-refractivity contribution in [3.63, 3.8) is 0 Å². The third-order valence-electron chi connectivity index (χ3n) is 4.33. The van der Waals surface area contributed by atoms with Crippen LogP contribution in [0.25, 0.3) is 11.0 Å². The largest absolute Gasteiger partial charge is 0.492 e. The van der Waals surface area contributed by atoms with Crippen LogP contribution in [0.15, 0.2) is 24.4 Å². The Hall–Kier alpha value is -2.27. The normalized spacial score (nSPS) is 16.8. The van der Waals surface area contributed by atoms with Crippen molar-refractivity contribution in [2.75, 3.05) is 6.61 Å². The summed E-state index contributed by atoms with van der Waals surface area (Å²) in [6.07, 6.45) is 2.36. The molecule has 4 nitrogen and oxygen atoms in total. The van der Waals surface area contributed by atoms with Crippen molar-refractivity contribution >= 4 is 22.6 Å². The van der Waals surface area contributed by atoms with Gasteiger partial charge < -0.3 is 4.74 Å². The zero-order valence-corrected chi connectivity index (χ0v) is 14.1. The highest BCUT2D eigenvalue weighted by atomic mass is 35.5. The van der Waals surface area contributed by atoms with E-state index in [1.54, 1.807) is 6.20 Å². The Balaban J connectivity index is 1.89. The molecule has 122 valence electrons. The first-order valence-corrected chi connectivity index (χ1v) is 8.14. The lowest BCUT2D eigenvalue weighted by Crippen LogP contribution is -2.19. The average molecular weight is 344 g/mol. The van der Waals surface area contributed by atoms with Gasteiger partial charge in [-0.25, -0.2) is 19.3 Å². The van der Waals surface area contributed by atoms with Crippen LogP contribution in [0.1, 0.15) is 35.0 Å². The number of hydrogen-bond donors (Lipinski definition) is 0. The van der Waals surface area contributed by atoms with Crippen molar-refractivity contribution in [2.24, 2.45) is 0 Å². The van der Waals surface area contributed by atoms with Gasteiger partial charge in [-0.05, 0) is 44.0 Å². The molecule has 0 saturated heterocycles. The number of benzene rings is 1. The van der Waals surface area contributed by atoms with E-state index in [-0.39, 0.29) is 11.7 Å². The molecule has 0 amide bonds. The highest BCUT2D eigenvalue weighted by Gasteiger charge is 2.30. The van der Waals surface area contributed by atoms with Gasteiger partial charge in [0.15, 0.2) is 5.65 Å². The number of aryl methyl sites for hydroxylation is 2. The average Bonchev–Trinajstić information content (AvgIpc) is 2.57. The summed E-state index contributed by atoms with van der Waals surface area (Å²) in [6, 6.07) is 4.86. The van der Waals surface area contributed by atoms with Gasteiger partial charge in [-0.2, -0.15) is 0 Å².